The summed E-state index contributed by atoms with van der Waals surface area (Å²) >= 11 is 1.66. The van der Waals surface area contributed by atoms with Crippen LogP contribution >= 0.6 is 11.8 Å². The summed E-state index contributed by atoms with van der Waals surface area (Å²) in [6.07, 6.45) is 2.62. The van der Waals surface area contributed by atoms with Crippen LogP contribution in [0.25, 0.3) is 0 Å². The van der Waals surface area contributed by atoms with Crippen LogP contribution in [0.2, 0.25) is 0 Å². The van der Waals surface area contributed by atoms with Gasteiger partial charge >= 0.3 is 0 Å². The number of nitrogens with two attached hydrogens (primary N) is 1. The van der Waals surface area contributed by atoms with E-state index in [2.05, 4.69) is 5.32 Å². The summed E-state index contributed by atoms with van der Waals surface area (Å²) in [5.41, 5.74) is 7.87. The zero-order valence-electron chi connectivity index (χ0n) is 10.6. The molecule has 0 bridgehead atoms. The van der Waals surface area contributed by atoms with Crippen molar-refractivity contribution in [3.05, 3.63) is 29.3 Å². The van der Waals surface area contributed by atoms with Crippen LogP contribution in [-0.2, 0) is 4.79 Å². The molecule has 0 saturated carbocycles. The summed E-state index contributed by atoms with van der Waals surface area (Å²) in [5.74, 6) is 0.647. The Balaban J connectivity index is 2.72. The van der Waals surface area contributed by atoms with Crippen molar-refractivity contribution >= 4 is 23.4 Å². The Bertz CT molecular complexity index is 468. The highest BCUT2D eigenvalue weighted by Gasteiger charge is 2.14. The van der Waals surface area contributed by atoms with Gasteiger partial charge < -0.3 is 11.1 Å². The van der Waals surface area contributed by atoms with Crippen LogP contribution in [0, 0.1) is 18.3 Å². The van der Waals surface area contributed by atoms with Crippen LogP contribution in [0.5, 0.6) is 0 Å². The molecule has 0 aliphatic heterocycles. The maximum absolute atomic E-state index is 11.8. The standard InChI is InChI=1S/C13H17N3OS/c1-9-3-4-10(8-14)7-12(9)16-13(17)11(15)5-6-18-2/h3-4,7,11H,5-6,15H2,1-2H3,(H,16,17)/t11-/m0/s1. The van der Waals surface area contributed by atoms with Gasteiger partial charge in [0.25, 0.3) is 0 Å². The van der Waals surface area contributed by atoms with Crippen LogP contribution < -0.4 is 11.1 Å². The summed E-state index contributed by atoms with van der Waals surface area (Å²) in [6, 6.07) is 6.72. The molecule has 18 heavy (non-hydrogen) atoms. The van der Waals surface area contributed by atoms with Crippen molar-refractivity contribution in [1.29, 1.82) is 5.26 Å². The van der Waals surface area contributed by atoms with Gasteiger partial charge in [0.2, 0.25) is 5.91 Å². The minimum absolute atomic E-state index is 0.206. The highest BCUT2D eigenvalue weighted by atomic mass is 32.2. The fraction of sp³-hybridized carbons (Fsp3) is 0.385. The number of carbonyl (C=O) groups is 1. The van der Waals surface area contributed by atoms with Gasteiger partial charge in [0.1, 0.15) is 0 Å². The van der Waals surface area contributed by atoms with E-state index in [4.69, 9.17) is 11.0 Å². The second kappa shape index (κ2) is 7.04. The van der Waals surface area contributed by atoms with Gasteiger partial charge in [0.05, 0.1) is 17.7 Å². The van der Waals surface area contributed by atoms with E-state index in [9.17, 15) is 4.79 Å². The fourth-order valence-electron chi connectivity index (χ4n) is 1.43. The predicted molar refractivity (Wildman–Crippen MR) is 75.5 cm³/mol. The third-order valence-corrected chi connectivity index (χ3v) is 3.24. The van der Waals surface area contributed by atoms with E-state index in [0.29, 0.717) is 17.7 Å². The summed E-state index contributed by atoms with van der Waals surface area (Å²) in [5, 5.41) is 11.6. The third-order valence-electron chi connectivity index (χ3n) is 2.59. The molecule has 1 aromatic rings. The number of anilines is 1. The Morgan fingerprint density at radius 1 is 1.61 bits per heavy atom. The number of nitrogens with one attached hydrogen (secondary N) is 1. The maximum Gasteiger partial charge on any atom is 0.241 e. The van der Waals surface area contributed by atoms with Gasteiger partial charge in [-0.2, -0.15) is 17.0 Å². The van der Waals surface area contributed by atoms with Crippen molar-refractivity contribution in [2.75, 3.05) is 17.3 Å². The summed E-state index contributed by atoms with van der Waals surface area (Å²) < 4.78 is 0. The average molecular weight is 263 g/mol. The molecule has 0 heterocycles. The third kappa shape index (κ3) is 4.06. The molecular weight excluding hydrogens is 246 g/mol. The molecule has 0 unspecified atom stereocenters. The lowest BCUT2D eigenvalue weighted by molar-refractivity contribution is -0.117. The molecule has 4 nitrogen and oxygen atoms in total. The predicted octanol–water partition coefficient (Wildman–Crippen LogP) is 1.89. The number of hydrogen-bond donors (Lipinski definition) is 2. The first-order valence-corrected chi connectivity index (χ1v) is 7.04. The number of thioether (sulfide) groups is 1. The number of aryl methyl sites for hydroxylation is 1. The zero-order chi connectivity index (χ0) is 13.5. The molecule has 3 N–H and O–H groups in total. The highest BCUT2D eigenvalue weighted by molar-refractivity contribution is 7.98. The minimum Gasteiger partial charge on any atom is -0.324 e. The van der Waals surface area contributed by atoms with E-state index in [1.165, 1.54) is 0 Å². The number of nitriles is 1. The Morgan fingerprint density at radius 2 is 2.33 bits per heavy atom. The minimum atomic E-state index is -0.511. The summed E-state index contributed by atoms with van der Waals surface area (Å²) in [4.78, 5) is 11.8. The molecule has 96 valence electrons. The van der Waals surface area contributed by atoms with Gasteiger partial charge in [-0.3, -0.25) is 4.79 Å². The van der Waals surface area contributed by atoms with Crippen LogP contribution in [0.4, 0.5) is 5.69 Å². The maximum atomic E-state index is 11.8. The Labute approximate surface area is 112 Å². The molecule has 0 fully saturated rings. The number of nitrogens with zero attached hydrogens (tertiary/aromatic N) is 1. The van der Waals surface area contributed by atoms with Crippen LogP contribution in [0.1, 0.15) is 17.5 Å². The summed E-state index contributed by atoms with van der Waals surface area (Å²) in [6.45, 7) is 1.88. The molecule has 0 aliphatic carbocycles. The SMILES string of the molecule is CSCC[C@H](N)C(=O)Nc1cc(C#N)ccc1C. The molecule has 1 amide bonds. The first-order chi connectivity index (χ1) is 8.58. The van der Waals surface area contributed by atoms with Crippen LogP contribution in [0.15, 0.2) is 18.2 Å². The van der Waals surface area contributed by atoms with Crippen LogP contribution in [0.3, 0.4) is 0 Å². The normalized spacial score (nSPS) is 11.7. The van der Waals surface area contributed by atoms with Crippen LogP contribution in [-0.4, -0.2) is 24.0 Å². The topological polar surface area (TPSA) is 78.9 Å². The number of rotatable bonds is 5. The highest BCUT2D eigenvalue weighted by Crippen LogP contribution is 2.16. The Morgan fingerprint density at radius 3 is 2.94 bits per heavy atom. The number of hydrogen-bond acceptors (Lipinski definition) is 4. The van der Waals surface area contributed by atoms with E-state index in [-0.39, 0.29) is 5.91 Å². The Kier molecular flexibility index (Phi) is 5.69. The quantitative estimate of drug-likeness (QED) is 0.850. The molecule has 0 aliphatic rings. The summed E-state index contributed by atoms with van der Waals surface area (Å²) in [7, 11) is 0. The molecule has 0 radical (unpaired) electrons. The van der Waals surface area contributed by atoms with E-state index in [1.54, 1.807) is 23.9 Å². The lowest BCUT2D eigenvalue weighted by Gasteiger charge is -2.13. The van der Waals surface area contributed by atoms with Crippen molar-refractivity contribution in [2.24, 2.45) is 5.73 Å². The molecular formula is C13H17N3OS. The number of benzene rings is 1. The number of carbonyl (C=O) groups excluding carboxylic acids is 1. The number of amides is 1. The average Bonchev–Trinajstić information content (AvgIpc) is 2.38. The first-order valence-electron chi connectivity index (χ1n) is 5.64. The van der Waals surface area contributed by atoms with Crippen molar-refractivity contribution in [2.45, 2.75) is 19.4 Å². The molecule has 0 saturated heterocycles. The lowest BCUT2D eigenvalue weighted by Crippen LogP contribution is -2.36. The van der Waals surface area contributed by atoms with Gasteiger partial charge in [-0.15, -0.1) is 0 Å². The molecule has 5 heteroatoms. The van der Waals surface area contributed by atoms with Gasteiger partial charge in [-0.05, 0) is 43.0 Å². The smallest absolute Gasteiger partial charge is 0.241 e. The molecule has 0 aromatic heterocycles. The van der Waals surface area contributed by atoms with E-state index in [0.717, 1.165) is 11.3 Å². The first kappa shape index (κ1) is 14.6. The van der Waals surface area contributed by atoms with Gasteiger partial charge in [0, 0.05) is 5.69 Å². The van der Waals surface area contributed by atoms with Crippen molar-refractivity contribution in [1.82, 2.24) is 0 Å². The van der Waals surface area contributed by atoms with Gasteiger partial charge in [0.15, 0.2) is 0 Å². The molecule has 1 aromatic carbocycles. The van der Waals surface area contributed by atoms with E-state index >= 15 is 0 Å². The molecule has 0 spiro atoms. The fourth-order valence-corrected chi connectivity index (χ4v) is 1.92. The zero-order valence-corrected chi connectivity index (χ0v) is 11.4. The van der Waals surface area contributed by atoms with Crippen molar-refractivity contribution in [3.63, 3.8) is 0 Å². The Hall–Kier alpha value is -1.51. The molecule has 1 atom stereocenters. The van der Waals surface area contributed by atoms with Crippen molar-refractivity contribution in [3.8, 4) is 6.07 Å². The largest absolute Gasteiger partial charge is 0.324 e. The molecule has 1 rings (SSSR count). The van der Waals surface area contributed by atoms with Gasteiger partial charge in [-0.1, -0.05) is 6.07 Å². The van der Waals surface area contributed by atoms with Gasteiger partial charge in [-0.25, -0.2) is 0 Å². The van der Waals surface area contributed by atoms with E-state index in [1.807, 2.05) is 25.3 Å². The van der Waals surface area contributed by atoms with E-state index < -0.39 is 6.04 Å². The van der Waals surface area contributed by atoms with Crippen molar-refractivity contribution < 1.29 is 4.79 Å². The second-order valence-corrected chi connectivity index (χ2v) is 5.00. The second-order valence-electron chi connectivity index (χ2n) is 4.02. The lowest BCUT2D eigenvalue weighted by atomic mass is 10.1. The monoisotopic (exact) mass is 263 g/mol.